The summed E-state index contributed by atoms with van der Waals surface area (Å²) in [4.78, 5) is 18.8. The number of methoxy groups -OCH3 is 1. The monoisotopic (exact) mass is 279 g/mol. The van der Waals surface area contributed by atoms with Gasteiger partial charge in [-0.2, -0.15) is 0 Å². The zero-order valence-electron chi connectivity index (χ0n) is 12.8. The van der Waals surface area contributed by atoms with Crippen LogP contribution in [0.3, 0.4) is 0 Å². The van der Waals surface area contributed by atoms with Gasteiger partial charge >= 0.3 is 0 Å². The summed E-state index contributed by atoms with van der Waals surface area (Å²) in [6, 6.07) is 1.91. The molecule has 0 bridgehead atoms. The molecule has 1 aromatic heterocycles. The van der Waals surface area contributed by atoms with Gasteiger partial charge in [0, 0.05) is 19.7 Å². The molecule has 0 aliphatic rings. The van der Waals surface area contributed by atoms with Crippen molar-refractivity contribution in [2.45, 2.75) is 39.7 Å². The average Bonchev–Trinajstić information content (AvgIpc) is 2.45. The molecule has 1 rings (SSSR count). The van der Waals surface area contributed by atoms with Crippen LogP contribution in [0.5, 0.6) is 0 Å². The fourth-order valence-corrected chi connectivity index (χ4v) is 2.29. The third-order valence-corrected chi connectivity index (χ3v) is 3.52. The Labute approximate surface area is 121 Å². The number of hydrogen-bond donors (Lipinski definition) is 1. The van der Waals surface area contributed by atoms with Gasteiger partial charge in [0.2, 0.25) is 0 Å². The predicted octanol–water partition coefficient (Wildman–Crippen LogP) is 2.25. The summed E-state index contributed by atoms with van der Waals surface area (Å²) in [6.45, 7) is 7.11. The van der Waals surface area contributed by atoms with Crippen molar-refractivity contribution in [2.75, 3.05) is 26.0 Å². The van der Waals surface area contributed by atoms with Gasteiger partial charge in [-0.15, -0.1) is 0 Å². The molecule has 0 aromatic carbocycles. The number of nitrogens with two attached hydrogens (primary N) is 1. The van der Waals surface area contributed by atoms with E-state index in [0.29, 0.717) is 30.1 Å². The minimum Gasteiger partial charge on any atom is -0.397 e. The van der Waals surface area contributed by atoms with Gasteiger partial charge in [0.05, 0.1) is 29.7 Å². The molecule has 1 amide bonds. The lowest BCUT2D eigenvalue weighted by Crippen LogP contribution is -2.42. The number of rotatable bonds is 7. The number of aromatic nitrogens is 1. The van der Waals surface area contributed by atoms with Crippen LogP contribution in [0.25, 0.3) is 0 Å². The molecule has 5 nitrogen and oxygen atoms in total. The number of hydrogen-bond acceptors (Lipinski definition) is 4. The number of nitrogen functional groups attached to an aromatic ring is 1. The molecule has 0 atom stereocenters. The number of pyridine rings is 1. The highest BCUT2D eigenvalue weighted by atomic mass is 16.5. The molecule has 0 saturated carbocycles. The highest BCUT2D eigenvalue weighted by Gasteiger charge is 2.23. The number of anilines is 1. The first-order valence-electron chi connectivity index (χ1n) is 7.07. The molecule has 1 heterocycles. The maximum Gasteiger partial charge on any atom is 0.256 e. The van der Waals surface area contributed by atoms with Gasteiger partial charge in [-0.05, 0) is 25.8 Å². The highest BCUT2D eigenvalue weighted by Crippen LogP contribution is 2.17. The minimum atomic E-state index is -0.0203. The van der Waals surface area contributed by atoms with Crippen molar-refractivity contribution < 1.29 is 9.53 Å². The van der Waals surface area contributed by atoms with Crippen LogP contribution in [0, 0.1) is 6.92 Å². The molecule has 1 aromatic rings. The van der Waals surface area contributed by atoms with E-state index in [1.165, 1.54) is 0 Å². The first-order valence-corrected chi connectivity index (χ1v) is 7.07. The van der Waals surface area contributed by atoms with E-state index in [-0.39, 0.29) is 11.9 Å². The number of carbonyl (C=O) groups excluding carboxylic acids is 1. The van der Waals surface area contributed by atoms with E-state index in [1.807, 2.05) is 11.8 Å². The summed E-state index contributed by atoms with van der Waals surface area (Å²) >= 11 is 0. The summed E-state index contributed by atoms with van der Waals surface area (Å²) < 4.78 is 5.12. The predicted molar refractivity (Wildman–Crippen MR) is 80.7 cm³/mol. The van der Waals surface area contributed by atoms with Gasteiger partial charge in [0.1, 0.15) is 0 Å². The largest absolute Gasteiger partial charge is 0.397 e. The Morgan fingerprint density at radius 1 is 1.45 bits per heavy atom. The van der Waals surface area contributed by atoms with Gasteiger partial charge in [-0.1, -0.05) is 13.8 Å². The second-order valence-corrected chi connectivity index (χ2v) is 4.86. The topological polar surface area (TPSA) is 68.5 Å². The number of carbonyl (C=O) groups is 1. The quantitative estimate of drug-likeness (QED) is 0.831. The summed E-state index contributed by atoms with van der Waals surface area (Å²) in [7, 11) is 1.64. The van der Waals surface area contributed by atoms with Crippen molar-refractivity contribution >= 4 is 11.6 Å². The normalized spacial score (nSPS) is 10.8. The van der Waals surface area contributed by atoms with Crippen LogP contribution in [0.15, 0.2) is 12.3 Å². The minimum absolute atomic E-state index is 0.0203. The van der Waals surface area contributed by atoms with Crippen LogP contribution in [0.2, 0.25) is 0 Å². The third kappa shape index (κ3) is 3.93. The molecular formula is C15H25N3O2. The third-order valence-electron chi connectivity index (χ3n) is 3.52. The Balaban J connectivity index is 3.05. The van der Waals surface area contributed by atoms with Crippen molar-refractivity contribution in [3.8, 4) is 0 Å². The van der Waals surface area contributed by atoms with Crippen molar-refractivity contribution in [3.05, 3.63) is 23.5 Å². The molecule has 0 saturated heterocycles. The van der Waals surface area contributed by atoms with Crippen molar-refractivity contribution in [3.63, 3.8) is 0 Å². The van der Waals surface area contributed by atoms with Gasteiger partial charge in [0.25, 0.3) is 5.91 Å². The maximum atomic E-state index is 12.8. The molecule has 0 aliphatic heterocycles. The molecule has 112 valence electrons. The summed E-state index contributed by atoms with van der Waals surface area (Å²) in [5.41, 5.74) is 7.54. The molecule has 2 N–H and O–H groups in total. The SMILES string of the molecule is CCC(CC)N(CCOC)C(=O)c1cc(N)cnc1C. The number of ether oxygens (including phenoxy) is 1. The van der Waals surface area contributed by atoms with E-state index in [4.69, 9.17) is 10.5 Å². The molecule has 0 fully saturated rings. The molecule has 5 heteroatoms. The Kier molecular flexibility index (Phi) is 6.45. The second kappa shape index (κ2) is 7.85. The second-order valence-electron chi connectivity index (χ2n) is 4.86. The van der Waals surface area contributed by atoms with Gasteiger partial charge < -0.3 is 15.4 Å². The van der Waals surface area contributed by atoms with Crippen molar-refractivity contribution in [1.82, 2.24) is 9.88 Å². The summed E-state index contributed by atoms with van der Waals surface area (Å²) in [5, 5.41) is 0. The molecule has 0 spiro atoms. The molecule has 0 radical (unpaired) electrons. The average molecular weight is 279 g/mol. The van der Waals surface area contributed by atoms with Crippen LogP contribution in [0.1, 0.15) is 42.7 Å². The number of amides is 1. The molecular weight excluding hydrogens is 254 g/mol. The van der Waals surface area contributed by atoms with Gasteiger partial charge in [-0.3, -0.25) is 9.78 Å². The Morgan fingerprint density at radius 3 is 2.65 bits per heavy atom. The highest BCUT2D eigenvalue weighted by molar-refractivity contribution is 5.96. The Bertz CT molecular complexity index is 445. The first-order chi connectivity index (χ1) is 9.54. The Morgan fingerprint density at radius 2 is 2.10 bits per heavy atom. The van der Waals surface area contributed by atoms with E-state index in [2.05, 4.69) is 18.8 Å². The van der Waals surface area contributed by atoms with Crippen LogP contribution >= 0.6 is 0 Å². The number of aryl methyl sites for hydroxylation is 1. The molecule has 0 unspecified atom stereocenters. The smallest absolute Gasteiger partial charge is 0.256 e. The summed E-state index contributed by atoms with van der Waals surface area (Å²) in [5.74, 6) is -0.0203. The fourth-order valence-electron chi connectivity index (χ4n) is 2.29. The Hall–Kier alpha value is -1.62. The van der Waals surface area contributed by atoms with E-state index in [0.717, 1.165) is 12.8 Å². The van der Waals surface area contributed by atoms with E-state index in [9.17, 15) is 4.79 Å². The molecule has 20 heavy (non-hydrogen) atoms. The lowest BCUT2D eigenvalue weighted by atomic mass is 10.1. The molecule has 0 aliphatic carbocycles. The zero-order chi connectivity index (χ0) is 15.1. The van der Waals surface area contributed by atoms with Crippen molar-refractivity contribution in [2.24, 2.45) is 0 Å². The zero-order valence-corrected chi connectivity index (χ0v) is 12.8. The van der Waals surface area contributed by atoms with E-state index < -0.39 is 0 Å². The maximum absolute atomic E-state index is 12.8. The lowest BCUT2D eigenvalue weighted by molar-refractivity contribution is 0.0588. The van der Waals surface area contributed by atoms with E-state index >= 15 is 0 Å². The van der Waals surface area contributed by atoms with E-state index in [1.54, 1.807) is 19.4 Å². The number of nitrogens with zero attached hydrogens (tertiary/aromatic N) is 2. The van der Waals surface area contributed by atoms with Crippen LogP contribution in [-0.4, -0.2) is 42.1 Å². The fraction of sp³-hybridized carbons (Fsp3) is 0.600. The lowest BCUT2D eigenvalue weighted by Gasteiger charge is -2.30. The first kappa shape index (κ1) is 16.4. The van der Waals surface area contributed by atoms with Crippen molar-refractivity contribution in [1.29, 1.82) is 0 Å². The van der Waals surface area contributed by atoms with Crippen LogP contribution < -0.4 is 5.73 Å². The summed E-state index contributed by atoms with van der Waals surface area (Å²) in [6.07, 6.45) is 3.41. The van der Waals surface area contributed by atoms with Gasteiger partial charge in [-0.25, -0.2) is 0 Å². The standard InChI is InChI=1S/C15H25N3O2/c1-5-13(6-2)18(7-8-20-4)15(19)14-9-12(16)10-17-11(14)3/h9-10,13H,5-8,16H2,1-4H3. The van der Waals surface area contributed by atoms with Gasteiger partial charge in [0.15, 0.2) is 0 Å². The van der Waals surface area contributed by atoms with Crippen LogP contribution in [0.4, 0.5) is 5.69 Å². The van der Waals surface area contributed by atoms with Crippen LogP contribution in [-0.2, 0) is 4.74 Å².